The largest absolute Gasteiger partial charge is 0.347 e. The molecule has 112 valence electrons. The summed E-state index contributed by atoms with van der Waals surface area (Å²) in [7, 11) is 0. The molecule has 22 heavy (non-hydrogen) atoms. The molecule has 1 heterocycles. The van der Waals surface area contributed by atoms with Crippen molar-refractivity contribution in [2.75, 3.05) is 5.88 Å². The fraction of sp³-hybridized carbons (Fsp3) is 0.188. The van der Waals surface area contributed by atoms with E-state index in [4.69, 9.17) is 11.0 Å². The van der Waals surface area contributed by atoms with Crippen LogP contribution in [0.1, 0.15) is 27.2 Å². The minimum absolute atomic E-state index is 0.211. The Labute approximate surface area is 133 Å². The predicted molar refractivity (Wildman–Crippen MR) is 86.9 cm³/mol. The van der Waals surface area contributed by atoms with Gasteiger partial charge in [0.2, 0.25) is 0 Å². The third kappa shape index (κ3) is 4.32. The molecule has 0 aliphatic heterocycles. The summed E-state index contributed by atoms with van der Waals surface area (Å²) in [5.41, 5.74) is 8.31. The molecular formula is C16H16N4OS. The lowest BCUT2D eigenvalue weighted by Gasteiger charge is -2.09. The van der Waals surface area contributed by atoms with Gasteiger partial charge in [0.05, 0.1) is 11.6 Å². The van der Waals surface area contributed by atoms with Crippen molar-refractivity contribution in [3.63, 3.8) is 0 Å². The van der Waals surface area contributed by atoms with E-state index in [2.05, 4.69) is 16.4 Å². The van der Waals surface area contributed by atoms with Crippen molar-refractivity contribution in [2.24, 2.45) is 5.73 Å². The summed E-state index contributed by atoms with van der Waals surface area (Å²) >= 11 is 1.54. The first-order valence-electron chi connectivity index (χ1n) is 6.73. The van der Waals surface area contributed by atoms with Crippen molar-refractivity contribution >= 4 is 17.7 Å². The van der Waals surface area contributed by atoms with E-state index < -0.39 is 0 Å². The lowest BCUT2D eigenvalue weighted by molar-refractivity contribution is 0.0945. The molecule has 5 nitrogen and oxygen atoms in total. The third-order valence-corrected chi connectivity index (χ3v) is 3.77. The lowest BCUT2D eigenvalue weighted by Crippen LogP contribution is -2.25. The number of carbonyl (C=O) groups excluding carboxylic acids is 1. The second kappa shape index (κ2) is 8.17. The van der Waals surface area contributed by atoms with Gasteiger partial charge in [0.15, 0.2) is 0 Å². The van der Waals surface area contributed by atoms with Gasteiger partial charge in [0.25, 0.3) is 5.91 Å². The van der Waals surface area contributed by atoms with Crippen molar-refractivity contribution < 1.29 is 4.79 Å². The molecule has 0 radical (unpaired) electrons. The average molecular weight is 312 g/mol. The van der Waals surface area contributed by atoms with Gasteiger partial charge in [0.1, 0.15) is 5.69 Å². The maximum Gasteiger partial charge on any atom is 0.270 e. The molecule has 1 aromatic heterocycles. The number of benzene rings is 1. The van der Waals surface area contributed by atoms with E-state index in [1.807, 2.05) is 24.3 Å². The molecule has 0 aliphatic rings. The highest BCUT2D eigenvalue weighted by Gasteiger charge is 2.12. The van der Waals surface area contributed by atoms with Crippen LogP contribution < -0.4 is 11.1 Å². The van der Waals surface area contributed by atoms with Gasteiger partial charge < -0.3 is 11.1 Å². The standard InChI is InChI=1S/C16H16N4OS/c17-8-12-3-5-13(6-4-12)9-20-16(21)15-14(10-22-11-18)2-1-7-19-15/h1-7H,9-11,18H2,(H,20,21). The molecule has 2 aromatic rings. The first-order chi connectivity index (χ1) is 10.7. The molecule has 0 atom stereocenters. The number of thioether (sulfide) groups is 1. The first kappa shape index (κ1) is 16.0. The third-order valence-electron chi connectivity index (χ3n) is 3.02. The molecule has 1 amide bonds. The fourth-order valence-corrected chi connectivity index (χ4v) is 2.46. The second-order valence-electron chi connectivity index (χ2n) is 4.52. The number of nitrogens with two attached hydrogens (primary N) is 1. The molecule has 0 bridgehead atoms. The zero-order chi connectivity index (χ0) is 15.8. The van der Waals surface area contributed by atoms with Crippen LogP contribution in [-0.4, -0.2) is 16.8 Å². The molecule has 0 aliphatic carbocycles. The van der Waals surface area contributed by atoms with E-state index in [1.54, 1.807) is 18.3 Å². The molecule has 2 rings (SSSR count). The highest BCUT2D eigenvalue weighted by molar-refractivity contribution is 7.98. The number of amides is 1. The Morgan fingerprint density at radius 2 is 2.09 bits per heavy atom. The SMILES string of the molecule is N#Cc1ccc(CNC(=O)c2ncccc2CSCN)cc1. The van der Waals surface area contributed by atoms with Gasteiger partial charge in [-0.3, -0.25) is 9.78 Å². The number of hydrogen-bond acceptors (Lipinski definition) is 5. The van der Waals surface area contributed by atoms with Crippen LogP contribution in [0.15, 0.2) is 42.6 Å². The van der Waals surface area contributed by atoms with E-state index in [-0.39, 0.29) is 5.91 Å². The lowest BCUT2D eigenvalue weighted by atomic mass is 10.1. The Morgan fingerprint density at radius 1 is 1.32 bits per heavy atom. The number of aromatic nitrogens is 1. The van der Waals surface area contributed by atoms with Gasteiger partial charge in [-0.15, -0.1) is 11.8 Å². The van der Waals surface area contributed by atoms with Gasteiger partial charge >= 0.3 is 0 Å². The zero-order valence-corrected chi connectivity index (χ0v) is 12.8. The van der Waals surface area contributed by atoms with Gasteiger partial charge in [-0.2, -0.15) is 5.26 Å². The molecule has 0 saturated heterocycles. The highest BCUT2D eigenvalue weighted by Crippen LogP contribution is 2.14. The van der Waals surface area contributed by atoms with E-state index >= 15 is 0 Å². The molecule has 0 spiro atoms. The Bertz CT molecular complexity index is 679. The topological polar surface area (TPSA) is 91.8 Å². The number of hydrogen-bond donors (Lipinski definition) is 2. The highest BCUT2D eigenvalue weighted by atomic mass is 32.2. The van der Waals surface area contributed by atoms with Gasteiger partial charge in [-0.1, -0.05) is 18.2 Å². The van der Waals surface area contributed by atoms with Gasteiger partial charge in [0, 0.05) is 24.4 Å². The van der Waals surface area contributed by atoms with Crippen molar-refractivity contribution in [3.05, 3.63) is 65.0 Å². The summed E-state index contributed by atoms with van der Waals surface area (Å²) in [5, 5.41) is 11.6. The van der Waals surface area contributed by atoms with Crippen LogP contribution in [0.4, 0.5) is 0 Å². The smallest absolute Gasteiger partial charge is 0.270 e. The molecule has 0 unspecified atom stereocenters. The van der Waals surface area contributed by atoms with Gasteiger partial charge in [-0.05, 0) is 29.3 Å². The Morgan fingerprint density at radius 3 is 2.77 bits per heavy atom. The average Bonchev–Trinajstić information content (AvgIpc) is 2.58. The van der Waals surface area contributed by atoms with Crippen LogP contribution in [0.5, 0.6) is 0 Å². The molecule has 0 saturated carbocycles. The summed E-state index contributed by atoms with van der Waals surface area (Å²) in [6, 6.07) is 12.9. The van der Waals surface area contributed by atoms with E-state index in [0.717, 1.165) is 11.1 Å². The van der Waals surface area contributed by atoms with Crippen molar-refractivity contribution in [2.45, 2.75) is 12.3 Å². The van der Waals surface area contributed by atoms with E-state index in [0.29, 0.717) is 29.4 Å². The van der Waals surface area contributed by atoms with Crippen LogP contribution in [0, 0.1) is 11.3 Å². The number of rotatable bonds is 6. The van der Waals surface area contributed by atoms with E-state index in [9.17, 15) is 4.79 Å². The summed E-state index contributed by atoms with van der Waals surface area (Å²) in [4.78, 5) is 16.4. The van der Waals surface area contributed by atoms with Crippen molar-refractivity contribution in [1.29, 1.82) is 5.26 Å². The quantitative estimate of drug-likeness (QED) is 0.796. The number of nitrogens with zero attached hydrogens (tertiary/aromatic N) is 2. The second-order valence-corrected chi connectivity index (χ2v) is 5.55. The molecular weight excluding hydrogens is 296 g/mol. The summed E-state index contributed by atoms with van der Waals surface area (Å²) in [6.07, 6.45) is 1.60. The predicted octanol–water partition coefficient (Wildman–Crippen LogP) is 2.03. The Kier molecular flexibility index (Phi) is 5.95. The maximum absolute atomic E-state index is 12.3. The Balaban J connectivity index is 2.01. The number of carbonyl (C=O) groups is 1. The van der Waals surface area contributed by atoms with Crippen LogP contribution in [0.3, 0.4) is 0 Å². The fourth-order valence-electron chi connectivity index (χ4n) is 1.89. The van der Waals surface area contributed by atoms with Crippen LogP contribution >= 0.6 is 11.8 Å². The minimum Gasteiger partial charge on any atom is -0.347 e. The molecule has 6 heteroatoms. The van der Waals surface area contributed by atoms with Crippen molar-refractivity contribution in [3.8, 4) is 6.07 Å². The Hall–Kier alpha value is -2.36. The first-order valence-corrected chi connectivity index (χ1v) is 7.89. The summed E-state index contributed by atoms with van der Waals surface area (Å²) in [5.74, 6) is 0.947. The van der Waals surface area contributed by atoms with Crippen LogP contribution in [-0.2, 0) is 12.3 Å². The van der Waals surface area contributed by atoms with Crippen LogP contribution in [0.25, 0.3) is 0 Å². The van der Waals surface area contributed by atoms with Gasteiger partial charge in [-0.25, -0.2) is 0 Å². The van der Waals surface area contributed by atoms with Crippen LogP contribution in [0.2, 0.25) is 0 Å². The maximum atomic E-state index is 12.3. The minimum atomic E-state index is -0.211. The monoisotopic (exact) mass is 312 g/mol. The summed E-state index contributed by atoms with van der Waals surface area (Å²) in [6.45, 7) is 0.393. The number of nitriles is 1. The molecule has 3 N–H and O–H groups in total. The normalized spacial score (nSPS) is 10.0. The van der Waals surface area contributed by atoms with E-state index in [1.165, 1.54) is 11.8 Å². The molecule has 1 aromatic carbocycles. The number of pyridine rings is 1. The molecule has 0 fully saturated rings. The zero-order valence-electron chi connectivity index (χ0n) is 12.0. The van der Waals surface area contributed by atoms with Crippen molar-refractivity contribution in [1.82, 2.24) is 10.3 Å². The summed E-state index contributed by atoms with van der Waals surface area (Å²) < 4.78 is 0. The number of nitrogens with one attached hydrogen (secondary N) is 1.